The molecule has 0 fully saturated rings. The summed E-state index contributed by atoms with van der Waals surface area (Å²) in [4.78, 5) is 2.48. The van der Waals surface area contributed by atoms with Gasteiger partial charge in [0.2, 0.25) is 0 Å². The molecule has 1 heterocycles. The molecule has 1 aromatic carbocycles. The molecule has 0 radical (unpaired) electrons. The summed E-state index contributed by atoms with van der Waals surface area (Å²) in [5.74, 6) is 0. The fraction of sp³-hybridized carbons (Fsp3) is 0.429. The highest BCUT2D eigenvalue weighted by atomic mass is 15.1. The van der Waals surface area contributed by atoms with Gasteiger partial charge in [0.05, 0.1) is 0 Å². The molecule has 0 unspecified atom stereocenters. The zero-order valence-electron chi connectivity index (χ0n) is 9.78. The Morgan fingerprint density at radius 3 is 3.12 bits per heavy atom. The largest absolute Gasteiger partial charge is 0.370 e. The van der Waals surface area contributed by atoms with Crippen LogP contribution in [0.3, 0.4) is 0 Å². The van der Waals surface area contributed by atoms with Crippen molar-refractivity contribution in [3.8, 4) is 0 Å². The summed E-state index contributed by atoms with van der Waals surface area (Å²) in [5, 5.41) is 3.35. The van der Waals surface area contributed by atoms with E-state index in [1.165, 1.54) is 30.6 Å². The Balaban J connectivity index is 1.93. The first-order chi connectivity index (χ1) is 7.92. The van der Waals surface area contributed by atoms with Gasteiger partial charge in [0.25, 0.3) is 0 Å². The van der Waals surface area contributed by atoms with E-state index in [1.54, 1.807) is 0 Å². The van der Waals surface area contributed by atoms with E-state index in [1.807, 2.05) is 6.08 Å². The molecule has 0 aliphatic carbocycles. The van der Waals surface area contributed by atoms with Crippen LogP contribution in [0.1, 0.15) is 12.0 Å². The summed E-state index contributed by atoms with van der Waals surface area (Å²) < 4.78 is 0. The Bertz CT molecular complexity index is 346. The van der Waals surface area contributed by atoms with Gasteiger partial charge in [-0.3, -0.25) is 0 Å². The van der Waals surface area contributed by atoms with Gasteiger partial charge in [0.15, 0.2) is 0 Å². The SMILES string of the molecule is C=CCNCCN1CCCc2ccccc21. The van der Waals surface area contributed by atoms with Gasteiger partial charge in [-0.05, 0) is 24.5 Å². The third-order valence-corrected chi connectivity index (χ3v) is 3.05. The number of rotatable bonds is 5. The predicted molar refractivity (Wildman–Crippen MR) is 70.0 cm³/mol. The third kappa shape index (κ3) is 2.64. The molecule has 86 valence electrons. The maximum absolute atomic E-state index is 3.70. The zero-order valence-corrected chi connectivity index (χ0v) is 9.78. The average Bonchev–Trinajstić information content (AvgIpc) is 2.35. The maximum Gasteiger partial charge on any atom is 0.0399 e. The predicted octanol–water partition coefficient (Wildman–Crippen LogP) is 2.21. The number of fused-ring (bicyclic) bond motifs is 1. The van der Waals surface area contributed by atoms with E-state index in [0.717, 1.165) is 19.6 Å². The molecule has 1 aliphatic rings. The number of aryl methyl sites for hydroxylation is 1. The van der Waals surface area contributed by atoms with E-state index >= 15 is 0 Å². The van der Waals surface area contributed by atoms with Crippen molar-refractivity contribution >= 4 is 5.69 Å². The van der Waals surface area contributed by atoms with Gasteiger partial charge in [-0.1, -0.05) is 24.3 Å². The van der Waals surface area contributed by atoms with Crippen molar-refractivity contribution in [3.63, 3.8) is 0 Å². The van der Waals surface area contributed by atoms with Crippen LogP contribution in [-0.4, -0.2) is 26.2 Å². The smallest absolute Gasteiger partial charge is 0.0399 e. The molecule has 0 amide bonds. The lowest BCUT2D eigenvalue weighted by Crippen LogP contribution is -2.35. The average molecular weight is 216 g/mol. The van der Waals surface area contributed by atoms with E-state index < -0.39 is 0 Å². The molecule has 0 saturated carbocycles. The van der Waals surface area contributed by atoms with Gasteiger partial charge in [0, 0.05) is 31.9 Å². The first-order valence-electron chi connectivity index (χ1n) is 6.06. The van der Waals surface area contributed by atoms with Crippen molar-refractivity contribution < 1.29 is 0 Å². The number of hydrogen-bond acceptors (Lipinski definition) is 2. The lowest BCUT2D eigenvalue weighted by atomic mass is 10.0. The zero-order chi connectivity index (χ0) is 11.2. The van der Waals surface area contributed by atoms with Gasteiger partial charge in [-0.2, -0.15) is 0 Å². The van der Waals surface area contributed by atoms with Gasteiger partial charge in [-0.15, -0.1) is 6.58 Å². The van der Waals surface area contributed by atoms with Crippen molar-refractivity contribution in [3.05, 3.63) is 42.5 Å². The monoisotopic (exact) mass is 216 g/mol. The Morgan fingerprint density at radius 2 is 2.25 bits per heavy atom. The molecule has 1 N–H and O–H groups in total. The number of anilines is 1. The van der Waals surface area contributed by atoms with Gasteiger partial charge < -0.3 is 10.2 Å². The number of nitrogens with one attached hydrogen (secondary N) is 1. The number of hydrogen-bond donors (Lipinski definition) is 1. The molecule has 16 heavy (non-hydrogen) atoms. The van der Waals surface area contributed by atoms with Crippen LogP contribution in [0.5, 0.6) is 0 Å². The molecule has 2 nitrogen and oxygen atoms in total. The molecule has 2 rings (SSSR count). The van der Waals surface area contributed by atoms with E-state index in [-0.39, 0.29) is 0 Å². The second-order valence-electron chi connectivity index (χ2n) is 4.21. The summed E-state index contributed by atoms with van der Waals surface area (Å²) >= 11 is 0. The van der Waals surface area contributed by atoms with Gasteiger partial charge >= 0.3 is 0 Å². The Labute approximate surface area is 98.0 Å². The number of nitrogens with zero attached hydrogens (tertiary/aromatic N) is 1. The minimum Gasteiger partial charge on any atom is -0.370 e. The highest BCUT2D eigenvalue weighted by molar-refractivity contribution is 5.55. The van der Waals surface area contributed by atoms with Crippen LogP contribution in [0, 0.1) is 0 Å². The highest BCUT2D eigenvalue weighted by Crippen LogP contribution is 2.25. The molecular formula is C14H20N2. The van der Waals surface area contributed by atoms with Crippen molar-refractivity contribution in [1.29, 1.82) is 0 Å². The fourth-order valence-electron chi connectivity index (χ4n) is 2.26. The van der Waals surface area contributed by atoms with Crippen molar-refractivity contribution in [2.75, 3.05) is 31.1 Å². The van der Waals surface area contributed by atoms with Crippen molar-refractivity contribution in [2.45, 2.75) is 12.8 Å². The summed E-state index contributed by atoms with van der Waals surface area (Å²) in [6.07, 6.45) is 4.41. The van der Waals surface area contributed by atoms with E-state index in [0.29, 0.717) is 0 Å². The summed E-state index contributed by atoms with van der Waals surface area (Å²) in [5.41, 5.74) is 2.92. The van der Waals surface area contributed by atoms with Crippen LogP contribution in [0.25, 0.3) is 0 Å². The van der Waals surface area contributed by atoms with Crippen LogP contribution in [0.4, 0.5) is 5.69 Å². The van der Waals surface area contributed by atoms with Crippen LogP contribution >= 0.6 is 0 Å². The summed E-state index contributed by atoms with van der Waals surface area (Å²) in [6.45, 7) is 7.91. The Hall–Kier alpha value is -1.28. The van der Waals surface area contributed by atoms with Gasteiger partial charge in [0.1, 0.15) is 0 Å². The highest BCUT2D eigenvalue weighted by Gasteiger charge is 2.14. The first kappa shape index (κ1) is 11.2. The molecule has 2 heteroatoms. The standard InChI is InChI=1S/C14H20N2/c1-2-9-15-10-12-16-11-5-7-13-6-3-4-8-14(13)16/h2-4,6,8,15H,1,5,7,9-12H2. The van der Waals surface area contributed by atoms with Crippen LogP contribution in [0.15, 0.2) is 36.9 Å². The quantitative estimate of drug-likeness (QED) is 0.599. The maximum atomic E-state index is 3.70. The Kier molecular flexibility index (Phi) is 4.00. The van der Waals surface area contributed by atoms with E-state index in [9.17, 15) is 0 Å². The molecule has 0 atom stereocenters. The summed E-state index contributed by atoms with van der Waals surface area (Å²) in [6, 6.07) is 8.76. The number of benzene rings is 1. The van der Waals surface area contributed by atoms with Crippen molar-refractivity contribution in [1.82, 2.24) is 5.32 Å². The fourth-order valence-corrected chi connectivity index (χ4v) is 2.26. The second-order valence-corrected chi connectivity index (χ2v) is 4.21. The molecular weight excluding hydrogens is 196 g/mol. The van der Waals surface area contributed by atoms with Crippen LogP contribution < -0.4 is 10.2 Å². The first-order valence-corrected chi connectivity index (χ1v) is 6.06. The molecule has 0 bridgehead atoms. The second kappa shape index (κ2) is 5.71. The number of para-hydroxylation sites is 1. The minimum absolute atomic E-state index is 0.898. The van der Waals surface area contributed by atoms with Gasteiger partial charge in [-0.25, -0.2) is 0 Å². The van der Waals surface area contributed by atoms with Crippen molar-refractivity contribution in [2.24, 2.45) is 0 Å². The normalized spacial score (nSPS) is 14.6. The molecule has 0 saturated heterocycles. The molecule has 0 spiro atoms. The summed E-state index contributed by atoms with van der Waals surface area (Å²) in [7, 11) is 0. The van der Waals surface area contributed by atoms with Crippen LogP contribution in [-0.2, 0) is 6.42 Å². The topological polar surface area (TPSA) is 15.3 Å². The third-order valence-electron chi connectivity index (χ3n) is 3.05. The molecule has 1 aliphatic heterocycles. The molecule has 1 aromatic rings. The molecule has 0 aromatic heterocycles. The lowest BCUT2D eigenvalue weighted by Gasteiger charge is -2.31. The lowest BCUT2D eigenvalue weighted by molar-refractivity contribution is 0.652. The van der Waals surface area contributed by atoms with Crippen LogP contribution in [0.2, 0.25) is 0 Å². The minimum atomic E-state index is 0.898. The van der Waals surface area contributed by atoms with E-state index in [2.05, 4.69) is 41.1 Å². The van der Waals surface area contributed by atoms with E-state index in [4.69, 9.17) is 0 Å². The Morgan fingerprint density at radius 1 is 1.38 bits per heavy atom.